The smallest absolute Gasteiger partial charge is 0.227 e. The van der Waals surface area contributed by atoms with Crippen molar-refractivity contribution < 1.29 is 172 Å². The molecular weight excluding hydrogens is 1420 g/mol. The average molecular weight is 1520 g/mol. The van der Waals surface area contributed by atoms with Crippen LogP contribution in [-0.4, -0.2) is 390 Å². The first-order valence-electron chi connectivity index (χ1n) is 35.2. The maximum Gasteiger partial charge on any atom is 0.227 e. The number of aliphatic hydroxyl groups is 17. The van der Waals surface area contributed by atoms with Crippen molar-refractivity contribution in [2.45, 2.75) is 224 Å². The third-order valence-electron chi connectivity index (χ3n) is 19.5. The fourth-order valence-corrected chi connectivity index (χ4v) is 13.9. The van der Waals surface area contributed by atoms with E-state index in [0.717, 1.165) is 6.42 Å². The molecule has 0 radical (unpaired) electrons. The number of fused-ring (bicyclic) bond motifs is 5. The number of nitrogens with one attached hydrogen (secondary N) is 1. The van der Waals surface area contributed by atoms with Crippen molar-refractivity contribution in [3.8, 4) is 22.5 Å². The minimum Gasteiger partial charge on any atom is -0.394 e. The van der Waals surface area contributed by atoms with Gasteiger partial charge in [-0.05, 0) is 18.1 Å². The number of anilines is 1. The molecule has 24 heterocycles. The van der Waals surface area contributed by atoms with Crippen molar-refractivity contribution in [2.75, 3.05) is 97.3 Å². The molecule has 12 bridgehead atoms. The molecule has 3 aromatic rings. The van der Waals surface area contributed by atoms with E-state index in [1.165, 1.54) is 9.58 Å². The fourth-order valence-electron chi connectivity index (χ4n) is 13.9. The van der Waals surface area contributed by atoms with Gasteiger partial charge in [0.1, 0.15) is 152 Å². The van der Waals surface area contributed by atoms with E-state index in [4.69, 9.17) is 75.8 Å². The molecule has 0 saturated carbocycles. The quantitative estimate of drug-likeness (QED) is 0.0370. The number of rotatable bonds is 24. The number of ether oxygens (including phenoxy) is 16. The maximum absolute atomic E-state index is 14.5. The Morgan fingerprint density at radius 1 is 0.425 bits per heavy atom. The zero-order valence-corrected chi connectivity index (χ0v) is 57.6. The van der Waals surface area contributed by atoms with Crippen LogP contribution < -0.4 is 10.2 Å². The lowest BCUT2D eigenvalue weighted by Crippen LogP contribution is -2.69. The molecular formula is C66H97N5O35. The first kappa shape index (κ1) is 82.2. The highest BCUT2D eigenvalue weighted by Gasteiger charge is 2.59. The summed E-state index contributed by atoms with van der Waals surface area (Å²) in [4.78, 5) is 29.1. The topological polar surface area (TPSA) is 572 Å². The minimum absolute atomic E-state index is 0.0665. The summed E-state index contributed by atoms with van der Waals surface area (Å²) >= 11 is 0. The lowest BCUT2D eigenvalue weighted by Gasteiger charge is -2.50. The summed E-state index contributed by atoms with van der Waals surface area (Å²) in [5, 5.41) is 206. The number of hydrogen-bond donors (Lipinski definition) is 18. The molecule has 22 fully saturated rings. The zero-order valence-electron chi connectivity index (χ0n) is 57.6. The normalized spacial score (nSPS) is 39.2. The van der Waals surface area contributed by atoms with Crippen molar-refractivity contribution in [2.24, 2.45) is 0 Å². The number of aromatic nitrogens is 3. The van der Waals surface area contributed by atoms with Gasteiger partial charge in [0.15, 0.2) is 37.7 Å². The number of carbonyl (C=O) groups excluding carboxylic acids is 2. The van der Waals surface area contributed by atoms with Crippen LogP contribution in [0.5, 0.6) is 0 Å². The molecule has 596 valence electrons. The number of hydrogen-bond acceptors (Lipinski definition) is 37. The van der Waals surface area contributed by atoms with Crippen LogP contribution in [0, 0.1) is 0 Å². The van der Waals surface area contributed by atoms with E-state index in [1.807, 2.05) is 6.92 Å². The van der Waals surface area contributed by atoms with Gasteiger partial charge >= 0.3 is 0 Å². The zero-order chi connectivity index (χ0) is 75.6. The predicted octanol–water partition coefficient (Wildman–Crippen LogP) is -9.20. The standard InChI is InChI=1S/C66H97N5O35/c1-2-14-91-16-18-93-20-21-94-19-17-92-15-13-67-39(77)11-12-40(78)70-22-29-7-3-4-8-30(29)42-41(31-9-5-6-10-32(31)70)68-69-71(42)23-33-55-43(79)49(85)61(95-33)102-56-34(24-72)97-63(51(87)45(56)81)104-58-36(26-74)99-65(53(89)47(58)83)106-60-38(28-76)100-66(54(90)48(60)84)105-59-37(27-75)98-64(52(88)46(59)82)103-57-35(25-73)96-62(101-55)50(86)44(57)80/h3-10,33-38,43-66,72-76,79-90H,2,11-28H2,1H3,(H,67,77). The molecule has 23 aliphatic rings. The molecule has 18 N–H and O–H groups in total. The predicted molar refractivity (Wildman–Crippen MR) is 347 cm³/mol. The average Bonchev–Trinajstić information content (AvgIpc) is 1.45. The molecule has 40 heteroatoms. The van der Waals surface area contributed by atoms with Gasteiger partial charge in [-0.1, -0.05) is 54.6 Å². The van der Waals surface area contributed by atoms with Crippen molar-refractivity contribution in [3.05, 3.63) is 54.1 Å². The summed E-state index contributed by atoms with van der Waals surface area (Å²) < 4.78 is 94.9. The van der Waals surface area contributed by atoms with Crippen LogP contribution in [0.15, 0.2) is 48.5 Å². The van der Waals surface area contributed by atoms with E-state index < -0.39 is 236 Å². The minimum atomic E-state index is -2.27. The van der Waals surface area contributed by atoms with E-state index >= 15 is 0 Å². The summed E-state index contributed by atoms with van der Waals surface area (Å²) in [6.07, 6.45) is -60.4. The first-order chi connectivity index (χ1) is 51.1. The summed E-state index contributed by atoms with van der Waals surface area (Å²) in [5.74, 6) is -0.834. The molecule has 22 saturated heterocycles. The second-order valence-corrected chi connectivity index (χ2v) is 26.6. The Kier molecular flexibility index (Phi) is 29.4. The Morgan fingerprint density at radius 2 is 0.764 bits per heavy atom. The van der Waals surface area contributed by atoms with E-state index in [1.54, 1.807) is 48.5 Å². The number of nitrogens with zero attached hydrogens (tertiary/aromatic N) is 4. The summed E-state index contributed by atoms with van der Waals surface area (Å²) in [6, 6.07) is 13.6. The number of carbonyl (C=O) groups is 2. The van der Waals surface area contributed by atoms with Crippen LogP contribution in [0.4, 0.5) is 5.69 Å². The van der Waals surface area contributed by atoms with Gasteiger partial charge in [0.2, 0.25) is 11.8 Å². The highest BCUT2D eigenvalue weighted by Crippen LogP contribution is 2.44. The molecule has 1 aromatic heterocycles. The third-order valence-corrected chi connectivity index (χ3v) is 19.5. The number of para-hydroxylation sites is 1. The Morgan fingerprint density at radius 3 is 1.15 bits per heavy atom. The molecule has 0 spiro atoms. The van der Waals surface area contributed by atoms with Gasteiger partial charge < -0.3 is 173 Å². The Bertz CT molecular complexity index is 3230. The van der Waals surface area contributed by atoms with E-state index in [9.17, 15) is 96.4 Å². The second-order valence-electron chi connectivity index (χ2n) is 26.6. The lowest BCUT2D eigenvalue weighted by atomic mass is 9.94. The summed E-state index contributed by atoms with van der Waals surface area (Å²) in [7, 11) is 0. The van der Waals surface area contributed by atoms with E-state index in [-0.39, 0.29) is 50.5 Å². The summed E-state index contributed by atoms with van der Waals surface area (Å²) in [6.45, 7) is -0.467. The SMILES string of the molecule is CCCOCCOCCOCCOCCNC(=O)CCC(=O)N1Cc2ccccc2-c2c(nnn2CC2OC3OC4C(CO)OC(OC5C(CO)OC(OC6C(CO)OC(OC7C(CO)OC(OC8C(CO)OC(OC2C(O)C3O)C(O)C8O)C(O)C7O)C(O)C6O)C(O)C5O)C(O)C4O)-c2ccccc21. The van der Waals surface area contributed by atoms with Gasteiger partial charge in [-0.2, -0.15) is 0 Å². The maximum atomic E-state index is 14.5. The Hall–Kier alpha value is -4.80. The van der Waals surface area contributed by atoms with Crippen LogP contribution >= 0.6 is 0 Å². The third kappa shape index (κ3) is 18.2. The molecule has 23 aliphatic heterocycles. The van der Waals surface area contributed by atoms with Gasteiger partial charge in [0, 0.05) is 37.1 Å². The first-order valence-corrected chi connectivity index (χ1v) is 35.2. The van der Waals surface area contributed by atoms with Crippen LogP contribution in [0.1, 0.15) is 31.7 Å². The van der Waals surface area contributed by atoms with Gasteiger partial charge in [-0.15, -0.1) is 5.10 Å². The second kappa shape index (κ2) is 37.9. The van der Waals surface area contributed by atoms with Crippen molar-refractivity contribution >= 4 is 17.5 Å². The molecule has 106 heavy (non-hydrogen) atoms. The highest BCUT2D eigenvalue weighted by atomic mass is 16.8. The van der Waals surface area contributed by atoms with E-state index in [0.29, 0.717) is 62.0 Å². The van der Waals surface area contributed by atoms with Gasteiger partial charge in [0.25, 0.3) is 0 Å². The van der Waals surface area contributed by atoms with E-state index in [2.05, 4.69) is 15.6 Å². The number of amides is 2. The molecule has 26 rings (SSSR count). The van der Waals surface area contributed by atoms with Crippen LogP contribution in [0.3, 0.4) is 0 Å². The Labute approximate surface area is 605 Å². The lowest BCUT2D eigenvalue weighted by molar-refractivity contribution is -0.403. The fraction of sp³-hybridized carbons (Fsp3) is 0.758. The van der Waals surface area contributed by atoms with Crippen molar-refractivity contribution in [3.63, 3.8) is 0 Å². The van der Waals surface area contributed by atoms with Crippen molar-refractivity contribution in [1.82, 2.24) is 20.3 Å². The van der Waals surface area contributed by atoms with Gasteiger partial charge in [0.05, 0.1) is 104 Å². The highest BCUT2D eigenvalue weighted by molar-refractivity contribution is 6.01. The van der Waals surface area contributed by atoms with Gasteiger partial charge in [-0.3, -0.25) is 9.59 Å². The monoisotopic (exact) mass is 1520 g/mol. The molecule has 30 atom stereocenters. The largest absolute Gasteiger partial charge is 0.394 e. The Balaban J connectivity index is 0.859. The van der Waals surface area contributed by atoms with Crippen LogP contribution in [-0.2, 0) is 98.5 Å². The molecule has 40 nitrogen and oxygen atoms in total. The number of benzene rings is 2. The van der Waals surface area contributed by atoms with Crippen LogP contribution in [0.2, 0.25) is 0 Å². The number of aliphatic hydroxyl groups excluding tert-OH is 17. The molecule has 2 aromatic carbocycles. The molecule has 2 amide bonds. The summed E-state index contributed by atoms with van der Waals surface area (Å²) in [5.41, 5.74) is 2.19. The molecule has 30 unspecified atom stereocenters. The van der Waals surface area contributed by atoms with Crippen molar-refractivity contribution in [1.29, 1.82) is 0 Å². The molecule has 0 aliphatic carbocycles. The van der Waals surface area contributed by atoms with Gasteiger partial charge in [-0.25, -0.2) is 4.68 Å². The van der Waals surface area contributed by atoms with Crippen LogP contribution in [0.25, 0.3) is 22.5 Å².